The molecule has 0 saturated heterocycles. The number of hydrogen-bond donors (Lipinski definition) is 1. The highest BCUT2D eigenvalue weighted by Crippen LogP contribution is 2.33. The minimum absolute atomic E-state index is 0.147. The molecule has 0 aliphatic carbocycles. The normalized spacial score (nSPS) is 15.4. The van der Waals surface area contributed by atoms with Crippen molar-refractivity contribution in [3.63, 3.8) is 0 Å². The summed E-state index contributed by atoms with van der Waals surface area (Å²) in [4.78, 5) is 27.0. The number of likely N-dealkylation sites (N-methyl/N-ethyl adjacent to an activating group) is 1. The lowest BCUT2D eigenvalue weighted by Crippen LogP contribution is -2.47. The van der Waals surface area contributed by atoms with E-state index < -0.39 is 6.04 Å². The van der Waals surface area contributed by atoms with E-state index in [0.717, 1.165) is 16.8 Å². The molecule has 2 amide bonds. The molecule has 0 radical (unpaired) electrons. The van der Waals surface area contributed by atoms with Crippen molar-refractivity contribution in [3.05, 3.63) is 59.7 Å². The van der Waals surface area contributed by atoms with Crippen LogP contribution in [0.2, 0.25) is 0 Å². The van der Waals surface area contributed by atoms with Crippen LogP contribution in [0.5, 0.6) is 11.5 Å². The van der Waals surface area contributed by atoms with Gasteiger partial charge in [0, 0.05) is 24.7 Å². The number of carbonyl (C=O) groups excluding carboxylic acids is 2. The Morgan fingerprint density at radius 1 is 1.14 bits per heavy atom. The fraction of sp³-hybridized carbons (Fsp3) is 0.273. The van der Waals surface area contributed by atoms with Gasteiger partial charge in [-0.15, -0.1) is 0 Å². The first-order chi connectivity index (χ1) is 13.6. The SMILES string of the molecule is CCNC(=O)C1Cc2ccccc2N1C(=O)C=Cc1ccc(OC)c(OC)c1. The minimum atomic E-state index is -0.542. The molecule has 1 aliphatic rings. The van der Waals surface area contributed by atoms with Gasteiger partial charge in [-0.05, 0) is 42.3 Å². The molecule has 6 heteroatoms. The third kappa shape index (κ3) is 3.86. The topological polar surface area (TPSA) is 67.9 Å². The molecule has 28 heavy (non-hydrogen) atoms. The van der Waals surface area contributed by atoms with Gasteiger partial charge in [0.1, 0.15) is 6.04 Å². The highest BCUT2D eigenvalue weighted by Gasteiger charge is 2.37. The van der Waals surface area contributed by atoms with Crippen molar-refractivity contribution >= 4 is 23.6 Å². The standard InChI is InChI=1S/C22H24N2O4/c1-4-23-22(26)18-14-16-7-5-6-8-17(16)24(18)21(25)12-10-15-9-11-19(27-2)20(13-15)28-3/h5-13,18H,4,14H2,1-3H3,(H,23,26). The van der Waals surface area contributed by atoms with E-state index in [1.807, 2.05) is 37.3 Å². The van der Waals surface area contributed by atoms with Crippen LogP contribution in [0.3, 0.4) is 0 Å². The molecule has 0 saturated carbocycles. The molecular formula is C22H24N2O4. The Kier molecular flexibility index (Phi) is 5.99. The van der Waals surface area contributed by atoms with Gasteiger partial charge in [0.15, 0.2) is 11.5 Å². The number of amides is 2. The summed E-state index contributed by atoms with van der Waals surface area (Å²) in [5.41, 5.74) is 2.57. The second-order valence-corrected chi connectivity index (χ2v) is 6.40. The zero-order valence-electron chi connectivity index (χ0n) is 16.3. The fourth-order valence-corrected chi connectivity index (χ4v) is 3.36. The highest BCUT2D eigenvalue weighted by molar-refractivity contribution is 6.09. The summed E-state index contributed by atoms with van der Waals surface area (Å²) < 4.78 is 10.5. The van der Waals surface area contributed by atoms with Gasteiger partial charge in [0.05, 0.1) is 14.2 Å². The predicted octanol–water partition coefficient (Wildman–Crippen LogP) is 2.81. The average molecular weight is 380 g/mol. The molecule has 1 N–H and O–H groups in total. The molecule has 1 atom stereocenters. The Balaban J connectivity index is 1.86. The lowest BCUT2D eigenvalue weighted by molar-refractivity contribution is -0.124. The van der Waals surface area contributed by atoms with Crippen LogP contribution >= 0.6 is 0 Å². The quantitative estimate of drug-likeness (QED) is 0.783. The van der Waals surface area contributed by atoms with Crippen molar-refractivity contribution in [3.8, 4) is 11.5 Å². The third-order valence-corrected chi connectivity index (χ3v) is 4.69. The number of methoxy groups -OCH3 is 2. The maximum Gasteiger partial charge on any atom is 0.251 e. The molecule has 0 fully saturated rings. The maximum atomic E-state index is 13.0. The number of ether oxygens (including phenoxy) is 2. The number of carbonyl (C=O) groups is 2. The molecule has 0 spiro atoms. The largest absolute Gasteiger partial charge is 0.493 e. The number of nitrogens with one attached hydrogen (secondary N) is 1. The Labute approximate surface area is 164 Å². The predicted molar refractivity (Wildman–Crippen MR) is 109 cm³/mol. The molecule has 1 unspecified atom stereocenters. The number of anilines is 1. The smallest absolute Gasteiger partial charge is 0.251 e. The van der Waals surface area contributed by atoms with Crippen LogP contribution in [0.25, 0.3) is 6.08 Å². The molecule has 2 aromatic rings. The summed E-state index contributed by atoms with van der Waals surface area (Å²) >= 11 is 0. The van der Waals surface area contributed by atoms with E-state index in [2.05, 4.69) is 5.32 Å². The number of rotatable bonds is 6. The van der Waals surface area contributed by atoms with Gasteiger partial charge in [-0.1, -0.05) is 24.3 Å². The van der Waals surface area contributed by atoms with Gasteiger partial charge >= 0.3 is 0 Å². The van der Waals surface area contributed by atoms with E-state index in [1.165, 1.54) is 6.08 Å². The van der Waals surface area contributed by atoms with Crippen molar-refractivity contribution in [1.82, 2.24) is 5.32 Å². The average Bonchev–Trinajstić information content (AvgIpc) is 3.11. The van der Waals surface area contributed by atoms with Gasteiger partial charge in [-0.2, -0.15) is 0 Å². The van der Waals surface area contributed by atoms with Crippen molar-refractivity contribution in [2.75, 3.05) is 25.7 Å². The van der Waals surface area contributed by atoms with E-state index in [1.54, 1.807) is 37.3 Å². The maximum absolute atomic E-state index is 13.0. The molecular weight excluding hydrogens is 356 g/mol. The van der Waals surface area contributed by atoms with Gasteiger partial charge in [-0.25, -0.2) is 0 Å². The fourth-order valence-electron chi connectivity index (χ4n) is 3.36. The van der Waals surface area contributed by atoms with Gasteiger partial charge in [0.25, 0.3) is 5.91 Å². The van der Waals surface area contributed by atoms with Crippen LogP contribution in [-0.2, 0) is 16.0 Å². The summed E-state index contributed by atoms with van der Waals surface area (Å²) in [6.45, 7) is 2.39. The first kappa shape index (κ1) is 19.5. The van der Waals surface area contributed by atoms with E-state index >= 15 is 0 Å². The number of hydrogen-bond acceptors (Lipinski definition) is 4. The van der Waals surface area contributed by atoms with Crippen molar-refractivity contribution in [2.24, 2.45) is 0 Å². The molecule has 0 aromatic heterocycles. The molecule has 1 heterocycles. The zero-order chi connectivity index (χ0) is 20.1. The summed E-state index contributed by atoms with van der Waals surface area (Å²) in [5, 5.41) is 2.82. The van der Waals surface area contributed by atoms with E-state index in [-0.39, 0.29) is 11.8 Å². The second-order valence-electron chi connectivity index (χ2n) is 6.40. The minimum Gasteiger partial charge on any atom is -0.493 e. The van der Waals surface area contributed by atoms with Crippen molar-refractivity contribution in [2.45, 2.75) is 19.4 Å². The number of para-hydroxylation sites is 1. The third-order valence-electron chi connectivity index (χ3n) is 4.69. The highest BCUT2D eigenvalue weighted by atomic mass is 16.5. The first-order valence-electron chi connectivity index (χ1n) is 9.18. The lowest BCUT2D eigenvalue weighted by Gasteiger charge is -2.23. The van der Waals surface area contributed by atoms with E-state index in [0.29, 0.717) is 24.5 Å². The van der Waals surface area contributed by atoms with Gasteiger partial charge < -0.3 is 14.8 Å². The first-order valence-corrected chi connectivity index (χ1v) is 9.18. The summed E-state index contributed by atoms with van der Waals surface area (Å²) in [5.74, 6) is 0.821. The van der Waals surface area contributed by atoms with Crippen LogP contribution in [0.1, 0.15) is 18.1 Å². The number of nitrogens with zero attached hydrogens (tertiary/aromatic N) is 1. The lowest BCUT2D eigenvalue weighted by atomic mass is 10.1. The Bertz CT molecular complexity index is 907. The van der Waals surface area contributed by atoms with Gasteiger partial charge in [-0.3, -0.25) is 14.5 Å². The molecule has 146 valence electrons. The Hall–Kier alpha value is -3.28. The Morgan fingerprint density at radius 2 is 1.89 bits per heavy atom. The summed E-state index contributed by atoms with van der Waals surface area (Å²) in [6.07, 6.45) is 3.70. The van der Waals surface area contributed by atoms with E-state index in [9.17, 15) is 9.59 Å². The number of benzene rings is 2. The second kappa shape index (κ2) is 8.61. The monoisotopic (exact) mass is 380 g/mol. The molecule has 2 aromatic carbocycles. The molecule has 1 aliphatic heterocycles. The van der Waals surface area contributed by atoms with Crippen LogP contribution in [0.15, 0.2) is 48.5 Å². The van der Waals surface area contributed by atoms with Crippen molar-refractivity contribution in [1.29, 1.82) is 0 Å². The van der Waals surface area contributed by atoms with Crippen LogP contribution in [0, 0.1) is 0 Å². The van der Waals surface area contributed by atoms with Crippen molar-refractivity contribution < 1.29 is 19.1 Å². The summed E-state index contributed by atoms with van der Waals surface area (Å²) in [7, 11) is 3.14. The zero-order valence-corrected chi connectivity index (χ0v) is 16.3. The Morgan fingerprint density at radius 3 is 2.61 bits per heavy atom. The number of fused-ring (bicyclic) bond motifs is 1. The van der Waals surface area contributed by atoms with Crippen LogP contribution < -0.4 is 19.7 Å². The molecule has 3 rings (SSSR count). The van der Waals surface area contributed by atoms with E-state index in [4.69, 9.17) is 9.47 Å². The molecule has 0 bridgehead atoms. The molecule has 6 nitrogen and oxygen atoms in total. The van der Waals surface area contributed by atoms with Gasteiger partial charge in [0.2, 0.25) is 5.91 Å². The van der Waals surface area contributed by atoms with Crippen LogP contribution in [0.4, 0.5) is 5.69 Å². The van der Waals surface area contributed by atoms with Crippen LogP contribution in [-0.4, -0.2) is 38.6 Å². The summed E-state index contributed by atoms with van der Waals surface area (Å²) in [6, 6.07) is 12.5.